The summed E-state index contributed by atoms with van der Waals surface area (Å²) in [6, 6.07) is 5.17. The van der Waals surface area contributed by atoms with E-state index in [1.807, 2.05) is 13.0 Å². The SMILES string of the molecule is CCn1c(CSc2nnc(C3CC3)o2)nc2cc(S(=O)(=O)N3CCOCC3)ccc21. The number of aromatic nitrogens is 4. The minimum absolute atomic E-state index is 0.267. The highest BCUT2D eigenvalue weighted by Crippen LogP contribution is 2.40. The van der Waals surface area contributed by atoms with E-state index in [0.717, 1.165) is 36.6 Å². The summed E-state index contributed by atoms with van der Waals surface area (Å²) < 4.78 is 40.5. The summed E-state index contributed by atoms with van der Waals surface area (Å²) in [5, 5.41) is 8.77. The summed E-state index contributed by atoms with van der Waals surface area (Å²) in [7, 11) is -3.55. The molecule has 0 radical (unpaired) electrons. The quantitative estimate of drug-likeness (QED) is 0.507. The monoisotopic (exact) mass is 449 g/mol. The van der Waals surface area contributed by atoms with Crippen LogP contribution in [0.4, 0.5) is 0 Å². The van der Waals surface area contributed by atoms with Crippen LogP contribution in [0.5, 0.6) is 0 Å². The van der Waals surface area contributed by atoms with Crippen molar-refractivity contribution in [2.45, 2.75) is 48.1 Å². The number of hydrogen-bond acceptors (Lipinski definition) is 8. The Balaban J connectivity index is 1.40. The van der Waals surface area contributed by atoms with Crippen LogP contribution >= 0.6 is 11.8 Å². The summed E-state index contributed by atoms with van der Waals surface area (Å²) in [6.07, 6.45) is 2.24. The molecule has 0 amide bonds. The fourth-order valence-corrected chi connectivity index (χ4v) is 5.76. The van der Waals surface area contributed by atoms with Crippen molar-refractivity contribution >= 4 is 32.8 Å². The van der Waals surface area contributed by atoms with Gasteiger partial charge in [-0.05, 0) is 38.0 Å². The molecule has 0 bridgehead atoms. The Morgan fingerprint density at radius 3 is 2.73 bits per heavy atom. The Kier molecular flexibility index (Phi) is 5.30. The van der Waals surface area contributed by atoms with Crippen LogP contribution in [0.15, 0.2) is 32.7 Å². The van der Waals surface area contributed by atoms with E-state index in [0.29, 0.717) is 48.7 Å². The maximum absolute atomic E-state index is 13.0. The third-order valence-electron chi connectivity index (χ3n) is 5.40. The zero-order valence-corrected chi connectivity index (χ0v) is 18.3. The molecule has 0 spiro atoms. The van der Waals surface area contributed by atoms with Crippen molar-refractivity contribution in [3.63, 3.8) is 0 Å². The minimum Gasteiger partial charge on any atom is -0.416 e. The second kappa shape index (κ2) is 7.95. The Labute approximate surface area is 178 Å². The first kappa shape index (κ1) is 20.0. The van der Waals surface area contributed by atoms with Gasteiger partial charge in [-0.2, -0.15) is 4.31 Å². The van der Waals surface area contributed by atoms with Crippen LogP contribution in [-0.2, 0) is 27.1 Å². The summed E-state index contributed by atoms with van der Waals surface area (Å²) in [4.78, 5) is 4.98. The first-order valence-corrected chi connectivity index (χ1v) is 12.5. The van der Waals surface area contributed by atoms with Gasteiger partial charge in [0, 0.05) is 25.6 Å². The lowest BCUT2D eigenvalue weighted by Gasteiger charge is -2.26. The fourth-order valence-electron chi connectivity index (χ4n) is 3.62. The van der Waals surface area contributed by atoms with Gasteiger partial charge in [0.2, 0.25) is 15.9 Å². The van der Waals surface area contributed by atoms with Crippen molar-refractivity contribution in [2.75, 3.05) is 26.3 Å². The summed E-state index contributed by atoms with van der Waals surface area (Å²) >= 11 is 1.45. The number of aryl methyl sites for hydroxylation is 1. The lowest BCUT2D eigenvalue weighted by atomic mass is 10.3. The van der Waals surface area contributed by atoms with E-state index < -0.39 is 10.0 Å². The maximum atomic E-state index is 13.0. The molecular formula is C19H23N5O4S2. The van der Waals surface area contributed by atoms with Gasteiger partial charge < -0.3 is 13.7 Å². The number of thioether (sulfide) groups is 1. The highest BCUT2D eigenvalue weighted by molar-refractivity contribution is 7.98. The minimum atomic E-state index is -3.55. The fraction of sp³-hybridized carbons (Fsp3) is 0.526. The number of ether oxygens (including phenoxy) is 1. The van der Waals surface area contributed by atoms with Gasteiger partial charge in [0.25, 0.3) is 5.22 Å². The Morgan fingerprint density at radius 2 is 2.00 bits per heavy atom. The van der Waals surface area contributed by atoms with Crippen LogP contribution in [0.2, 0.25) is 0 Å². The van der Waals surface area contributed by atoms with E-state index >= 15 is 0 Å². The Hall–Kier alpha value is -1.95. The van der Waals surface area contributed by atoms with Gasteiger partial charge in [-0.15, -0.1) is 10.2 Å². The molecule has 1 aromatic carbocycles. The number of morpholine rings is 1. The average Bonchev–Trinajstić information content (AvgIpc) is 3.40. The highest BCUT2D eigenvalue weighted by Gasteiger charge is 2.30. The van der Waals surface area contributed by atoms with E-state index in [9.17, 15) is 8.42 Å². The highest BCUT2D eigenvalue weighted by atomic mass is 32.2. The topological polar surface area (TPSA) is 103 Å². The number of benzene rings is 1. The van der Waals surface area contributed by atoms with Gasteiger partial charge in [0.05, 0.1) is 34.9 Å². The van der Waals surface area contributed by atoms with Crippen LogP contribution in [0.3, 0.4) is 0 Å². The van der Waals surface area contributed by atoms with Crippen LogP contribution in [0.25, 0.3) is 11.0 Å². The first-order valence-electron chi connectivity index (χ1n) is 10.1. The standard InChI is InChI=1S/C19H23N5O4S2/c1-2-24-16-6-5-14(30(25,26)23-7-9-27-10-8-23)11-15(16)20-17(24)12-29-19-22-21-18(28-19)13-3-4-13/h5-6,11,13H,2-4,7-10,12H2,1H3. The normalized spacial score (nSPS) is 18.3. The molecule has 5 rings (SSSR count). The second-order valence-electron chi connectivity index (χ2n) is 7.41. The zero-order valence-electron chi connectivity index (χ0n) is 16.7. The zero-order chi connectivity index (χ0) is 20.7. The van der Waals surface area contributed by atoms with E-state index in [4.69, 9.17) is 14.1 Å². The number of hydrogen-bond donors (Lipinski definition) is 0. The third-order valence-corrected chi connectivity index (χ3v) is 8.11. The molecule has 1 saturated carbocycles. The van der Waals surface area contributed by atoms with Gasteiger partial charge in [0.15, 0.2) is 0 Å². The lowest BCUT2D eigenvalue weighted by Crippen LogP contribution is -2.40. The van der Waals surface area contributed by atoms with Gasteiger partial charge >= 0.3 is 0 Å². The van der Waals surface area contributed by atoms with Crippen molar-refractivity contribution in [3.8, 4) is 0 Å². The molecule has 160 valence electrons. The van der Waals surface area contributed by atoms with Gasteiger partial charge in [-0.1, -0.05) is 11.8 Å². The van der Waals surface area contributed by atoms with Crippen LogP contribution in [0.1, 0.15) is 37.4 Å². The van der Waals surface area contributed by atoms with Gasteiger partial charge in [0.1, 0.15) is 5.82 Å². The Morgan fingerprint density at radius 1 is 1.20 bits per heavy atom. The Bertz CT molecular complexity index is 1160. The maximum Gasteiger partial charge on any atom is 0.277 e. The van der Waals surface area contributed by atoms with Crippen molar-refractivity contribution < 1.29 is 17.6 Å². The predicted octanol–water partition coefficient (Wildman–Crippen LogP) is 2.63. The second-order valence-corrected chi connectivity index (χ2v) is 10.3. The molecule has 1 aliphatic carbocycles. The molecule has 30 heavy (non-hydrogen) atoms. The van der Waals surface area contributed by atoms with E-state index in [-0.39, 0.29) is 4.90 Å². The summed E-state index contributed by atoms with van der Waals surface area (Å²) in [5.74, 6) is 2.57. The molecule has 2 aliphatic rings. The number of imidazole rings is 1. The van der Waals surface area contributed by atoms with Gasteiger partial charge in [-0.3, -0.25) is 0 Å². The van der Waals surface area contributed by atoms with Crippen molar-refractivity contribution in [1.29, 1.82) is 0 Å². The molecule has 9 nitrogen and oxygen atoms in total. The number of rotatable bonds is 7. The first-order chi connectivity index (χ1) is 14.6. The summed E-state index contributed by atoms with van der Waals surface area (Å²) in [6.45, 7) is 4.37. The van der Waals surface area contributed by atoms with Crippen LogP contribution in [-0.4, -0.2) is 58.8 Å². The van der Waals surface area contributed by atoms with Crippen molar-refractivity contribution in [3.05, 3.63) is 29.9 Å². The van der Waals surface area contributed by atoms with Gasteiger partial charge in [-0.25, -0.2) is 13.4 Å². The van der Waals surface area contributed by atoms with E-state index in [1.54, 1.807) is 12.1 Å². The average molecular weight is 450 g/mol. The molecule has 1 saturated heterocycles. The molecular weight excluding hydrogens is 426 g/mol. The molecule has 2 fully saturated rings. The predicted molar refractivity (Wildman–Crippen MR) is 111 cm³/mol. The largest absolute Gasteiger partial charge is 0.416 e. The lowest BCUT2D eigenvalue weighted by molar-refractivity contribution is 0.0730. The van der Waals surface area contributed by atoms with Crippen molar-refractivity contribution in [1.82, 2.24) is 24.1 Å². The molecule has 11 heteroatoms. The molecule has 3 aromatic rings. The van der Waals surface area contributed by atoms with E-state index in [2.05, 4.69) is 14.8 Å². The number of nitrogens with zero attached hydrogens (tertiary/aromatic N) is 5. The molecule has 0 N–H and O–H groups in total. The van der Waals surface area contributed by atoms with E-state index in [1.165, 1.54) is 16.1 Å². The molecule has 1 aliphatic heterocycles. The van der Waals surface area contributed by atoms with Crippen LogP contribution in [0, 0.1) is 0 Å². The summed E-state index contributed by atoms with van der Waals surface area (Å²) in [5.41, 5.74) is 1.59. The number of fused-ring (bicyclic) bond motifs is 1. The molecule has 0 atom stereocenters. The van der Waals surface area contributed by atoms with Crippen molar-refractivity contribution in [2.24, 2.45) is 0 Å². The smallest absolute Gasteiger partial charge is 0.277 e. The molecule has 3 heterocycles. The molecule has 0 unspecified atom stereocenters. The van der Waals surface area contributed by atoms with Crippen LogP contribution < -0.4 is 0 Å². The number of sulfonamides is 1. The molecule has 2 aromatic heterocycles. The third kappa shape index (κ3) is 3.75.